The number of nitrogens with zero attached hydrogens (tertiary/aromatic N) is 2. The summed E-state index contributed by atoms with van der Waals surface area (Å²) in [4.78, 5) is 18.9. The van der Waals surface area contributed by atoms with E-state index in [0.717, 1.165) is 49.2 Å². The second-order valence-corrected chi connectivity index (χ2v) is 8.73. The van der Waals surface area contributed by atoms with Gasteiger partial charge in [-0.2, -0.15) is 0 Å². The molecule has 0 atom stereocenters. The van der Waals surface area contributed by atoms with Crippen LogP contribution in [0, 0.1) is 5.92 Å². The second-order valence-electron chi connectivity index (χ2n) is 8.29. The van der Waals surface area contributed by atoms with Gasteiger partial charge in [-0.05, 0) is 69.2 Å². The number of rotatable bonds is 8. The Hall–Kier alpha value is -2.47. The van der Waals surface area contributed by atoms with Crippen LogP contribution in [-0.2, 0) is 0 Å². The maximum Gasteiger partial charge on any atom is 0.255 e. The zero-order valence-electron chi connectivity index (χ0n) is 18.5. The summed E-state index contributed by atoms with van der Waals surface area (Å²) in [6.45, 7) is 8.83. The number of aromatic nitrogens is 1. The molecular weight excluding hydrogens is 398 g/mol. The number of hydrogen-bond acceptors (Lipinski definition) is 5. The van der Waals surface area contributed by atoms with Crippen LogP contribution in [0.5, 0.6) is 0 Å². The number of halogens is 1. The molecule has 0 aromatic carbocycles. The Balaban J connectivity index is 1.83. The first kappa shape index (κ1) is 23.8. The topological polar surface area (TPSA) is 83.3 Å². The van der Waals surface area contributed by atoms with Gasteiger partial charge in [0.1, 0.15) is 5.82 Å². The van der Waals surface area contributed by atoms with E-state index in [1.165, 1.54) is 0 Å². The molecule has 0 spiro atoms. The third-order valence-corrected chi connectivity index (χ3v) is 5.37. The number of hydrogen-bond donors (Lipinski definition) is 3. The van der Waals surface area contributed by atoms with Gasteiger partial charge < -0.3 is 21.3 Å². The largest absolute Gasteiger partial charge is 0.402 e. The van der Waals surface area contributed by atoms with Gasteiger partial charge in [-0.25, -0.2) is 4.98 Å². The first-order valence-corrected chi connectivity index (χ1v) is 10.7. The molecule has 0 aliphatic heterocycles. The molecule has 164 valence electrons. The Morgan fingerprint density at radius 3 is 2.57 bits per heavy atom. The molecule has 1 aliphatic rings. The van der Waals surface area contributed by atoms with Crippen LogP contribution in [0.4, 0.5) is 5.82 Å². The molecular formula is C23H34ClN5O. The van der Waals surface area contributed by atoms with E-state index in [9.17, 15) is 4.79 Å². The number of carbonyl (C=O) groups is 1. The van der Waals surface area contributed by atoms with Crippen molar-refractivity contribution in [2.24, 2.45) is 11.7 Å². The smallest absolute Gasteiger partial charge is 0.255 e. The number of allylic oxidation sites excluding steroid dienone is 4. The fourth-order valence-corrected chi connectivity index (χ4v) is 3.89. The molecule has 0 unspecified atom stereocenters. The molecule has 1 aromatic heterocycles. The Kier molecular flexibility index (Phi) is 8.78. The summed E-state index contributed by atoms with van der Waals surface area (Å²) in [5.74, 6) is 1.07. The average molecular weight is 432 g/mol. The quantitative estimate of drug-likeness (QED) is 0.542. The van der Waals surface area contributed by atoms with Crippen molar-refractivity contribution in [2.75, 3.05) is 25.5 Å². The molecule has 0 saturated heterocycles. The molecule has 1 saturated carbocycles. The lowest BCUT2D eigenvalue weighted by atomic mass is 9.86. The van der Waals surface area contributed by atoms with Crippen molar-refractivity contribution in [3.63, 3.8) is 0 Å². The Labute approximate surface area is 185 Å². The molecule has 7 heteroatoms. The van der Waals surface area contributed by atoms with E-state index in [0.29, 0.717) is 22.3 Å². The Bertz CT molecular complexity index is 819. The van der Waals surface area contributed by atoms with Crippen molar-refractivity contribution in [1.29, 1.82) is 0 Å². The minimum atomic E-state index is -0.118. The number of carbonyl (C=O) groups excluding carboxylic acids is 1. The van der Waals surface area contributed by atoms with E-state index in [4.69, 9.17) is 17.3 Å². The molecule has 1 heterocycles. The number of pyridine rings is 1. The normalized spacial score (nSPS) is 19.9. The van der Waals surface area contributed by atoms with Gasteiger partial charge >= 0.3 is 0 Å². The first-order chi connectivity index (χ1) is 14.2. The molecule has 6 nitrogen and oxygen atoms in total. The minimum absolute atomic E-state index is 0.118. The zero-order valence-corrected chi connectivity index (χ0v) is 19.2. The Morgan fingerprint density at radius 2 is 1.97 bits per heavy atom. The minimum Gasteiger partial charge on any atom is -0.402 e. The molecule has 0 bridgehead atoms. The van der Waals surface area contributed by atoms with Crippen molar-refractivity contribution >= 4 is 23.3 Å². The van der Waals surface area contributed by atoms with Gasteiger partial charge in [0, 0.05) is 44.3 Å². The molecule has 2 rings (SSSR count). The number of amides is 1. The van der Waals surface area contributed by atoms with Gasteiger partial charge in [-0.3, -0.25) is 4.79 Å². The summed E-state index contributed by atoms with van der Waals surface area (Å²) < 4.78 is 0. The predicted molar refractivity (Wildman–Crippen MR) is 126 cm³/mol. The van der Waals surface area contributed by atoms with E-state index < -0.39 is 0 Å². The van der Waals surface area contributed by atoms with Crippen LogP contribution >= 0.6 is 11.6 Å². The highest BCUT2D eigenvalue weighted by atomic mass is 35.5. The molecule has 1 aliphatic carbocycles. The lowest BCUT2D eigenvalue weighted by Crippen LogP contribution is -2.39. The third kappa shape index (κ3) is 7.41. The summed E-state index contributed by atoms with van der Waals surface area (Å²) in [6, 6.07) is 1.85. The van der Waals surface area contributed by atoms with E-state index in [1.807, 2.05) is 45.0 Å². The SMILES string of the molecule is C=C(/C=C(C)\C=C(\C)N)NCC1CCC(NC(=O)c2cc(Cl)cnc2N(C)C)CC1. The Morgan fingerprint density at radius 1 is 1.30 bits per heavy atom. The van der Waals surface area contributed by atoms with Gasteiger partial charge in [-0.1, -0.05) is 18.2 Å². The molecule has 30 heavy (non-hydrogen) atoms. The second kappa shape index (κ2) is 11.1. The van der Waals surface area contributed by atoms with Gasteiger partial charge in [0.2, 0.25) is 0 Å². The van der Waals surface area contributed by atoms with E-state index in [1.54, 1.807) is 12.3 Å². The van der Waals surface area contributed by atoms with Gasteiger partial charge in [0.05, 0.1) is 10.6 Å². The van der Waals surface area contributed by atoms with E-state index >= 15 is 0 Å². The molecule has 1 aromatic rings. The van der Waals surface area contributed by atoms with Crippen molar-refractivity contribution in [3.05, 3.63) is 58.5 Å². The van der Waals surface area contributed by atoms with Crippen molar-refractivity contribution in [2.45, 2.75) is 45.6 Å². The average Bonchev–Trinajstić information content (AvgIpc) is 2.66. The van der Waals surface area contributed by atoms with Crippen molar-refractivity contribution in [3.8, 4) is 0 Å². The first-order valence-electron chi connectivity index (χ1n) is 10.3. The number of nitrogens with one attached hydrogen (secondary N) is 2. The highest BCUT2D eigenvalue weighted by molar-refractivity contribution is 6.31. The summed E-state index contributed by atoms with van der Waals surface area (Å²) in [7, 11) is 3.73. The van der Waals surface area contributed by atoms with Crippen molar-refractivity contribution in [1.82, 2.24) is 15.6 Å². The van der Waals surface area contributed by atoms with Gasteiger partial charge in [0.25, 0.3) is 5.91 Å². The summed E-state index contributed by atoms with van der Waals surface area (Å²) in [5, 5.41) is 7.03. The van der Waals surface area contributed by atoms with Gasteiger partial charge in [-0.15, -0.1) is 0 Å². The summed E-state index contributed by atoms with van der Waals surface area (Å²) in [6.07, 6.45) is 9.53. The lowest BCUT2D eigenvalue weighted by Gasteiger charge is -2.30. The van der Waals surface area contributed by atoms with Crippen LogP contribution in [-0.4, -0.2) is 37.6 Å². The van der Waals surface area contributed by atoms with E-state index in [-0.39, 0.29) is 11.9 Å². The molecule has 1 amide bonds. The maximum absolute atomic E-state index is 12.8. The van der Waals surface area contributed by atoms with Crippen LogP contribution in [0.25, 0.3) is 0 Å². The highest BCUT2D eigenvalue weighted by Gasteiger charge is 2.24. The monoisotopic (exact) mass is 431 g/mol. The van der Waals surface area contributed by atoms with Crippen LogP contribution < -0.4 is 21.3 Å². The predicted octanol–water partition coefficient (Wildman–Crippen LogP) is 4.00. The summed E-state index contributed by atoms with van der Waals surface area (Å²) >= 11 is 6.06. The van der Waals surface area contributed by atoms with Crippen LogP contribution in [0.1, 0.15) is 49.9 Å². The molecule has 1 fully saturated rings. The number of nitrogens with two attached hydrogens (primary N) is 1. The maximum atomic E-state index is 12.8. The number of anilines is 1. The van der Waals surface area contributed by atoms with Crippen LogP contribution in [0.15, 0.2) is 48.0 Å². The van der Waals surface area contributed by atoms with Crippen LogP contribution in [0.3, 0.4) is 0 Å². The third-order valence-electron chi connectivity index (χ3n) is 5.16. The molecule has 4 N–H and O–H groups in total. The summed E-state index contributed by atoms with van der Waals surface area (Å²) in [5.41, 5.74) is 8.96. The van der Waals surface area contributed by atoms with Crippen molar-refractivity contribution < 1.29 is 4.79 Å². The van der Waals surface area contributed by atoms with Gasteiger partial charge in [0.15, 0.2) is 0 Å². The standard InChI is InChI=1S/C23H34ClN5O/c1-15(10-16(2)25)11-17(3)26-13-18-6-8-20(9-7-18)28-23(30)21-12-19(24)14-27-22(21)29(4)5/h10-12,14,18,20,26H,3,6-9,13,25H2,1-2,4-5H3,(H,28,30)/b15-11-,16-10-. The zero-order chi connectivity index (χ0) is 22.3. The fourth-order valence-electron chi connectivity index (χ4n) is 3.73. The van der Waals surface area contributed by atoms with E-state index in [2.05, 4.69) is 22.2 Å². The highest BCUT2D eigenvalue weighted by Crippen LogP contribution is 2.25. The van der Waals surface area contributed by atoms with Crippen LogP contribution in [0.2, 0.25) is 5.02 Å². The lowest BCUT2D eigenvalue weighted by molar-refractivity contribution is 0.0922. The fraction of sp³-hybridized carbons (Fsp3) is 0.478. The molecule has 0 radical (unpaired) electrons.